The fourth-order valence-corrected chi connectivity index (χ4v) is 4.12. The number of anilines is 1. The van der Waals surface area contributed by atoms with Crippen LogP contribution < -0.4 is 5.32 Å². The van der Waals surface area contributed by atoms with Gasteiger partial charge in [-0.15, -0.1) is 11.3 Å². The maximum atomic E-state index is 12.7. The Morgan fingerprint density at radius 3 is 2.80 bits per heavy atom. The van der Waals surface area contributed by atoms with Crippen LogP contribution in [0.4, 0.5) is 5.13 Å². The van der Waals surface area contributed by atoms with Crippen molar-refractivity contribution in [3.63, 3.8) is 0 Å². The number of fused-ring (bicyclic) bond motifs is 1. The first-order valence-electron chi connectivity index (χ1n) is 9.33. The number of esters is 1. The molecule has 0 radical (unpaired) electrons. The van der Waals surface area contributed by atoms with Crippen LogP contribution in [0.2, 0.25) is 0 Å². The van der Waals surface area contributed by atoms with Gasteiger partial charge in [0.15, 0.2) is 5.13 Å². The summed E-state index contributed by atoms with van der Waals surface area (Å²) in [5.41, 5.74) is 5.54. The average Bonchev–Trinajstić information content (AvgIpc) is 3.40. The van der Waals surface area contributed by atoms with Crippen molar-refractivity contribution in [2.24, 2.45) is 0 Å². The van der Waals surface area contributed by atoms with Gasteiger partial charge in [0.2, 0.25) is 5.91 Å². The number of carbonyl (C=O) groups excluding carboxylic acids is 2. The second-order valence-electron chi connectivity index (χ2n) is 6.87. The number of aromatic nitrogens is 3. The number of para-hydroxylation sites is 1. The Labute approximate surface area is 177 Å². The van der Waals surface area contributed by atoms with Crippen molar-refractivity contribution in [1.29, 1.82) is 0 Å². The number of benzene rings is 1. The second-order valence-corrected chi connectivity index (χ2v) is 7.73. The van der Waals surface area contributed by atoms with E-state index in [4.69, 9.17) is 4.74 Å². The van der Waals surface area contributed by atoms with Gasteiger partial charge in [0.25, 0.3) is 0 Å². The molecular formula is C22H20N4O3S. The number of nitrogens with zero attached hydrogens (tertiary/aromatic N) is 2. The van der Waals surface area contributed by atoms with Crippen LogP contribution in [0.5, 0.6) is 0 Å². The summed E-state index contributed by atoms with van der Waals surface area (Å²) in [6, 6.07) is 9.59. The third kappa shape index (κ3) is 3.81. The Bertz CT molecular complexity index is 1260. The van der Waals surface area contributed by atoms with Gasteiger partial charge in [0.05, 0.1) is 24.7 Å². The summed E-state index contributed by atoms with van der Waals surface area (Å²) in [5, 5.41) is 6.24. The Morgan fingerprint density at radius 2 is 2.00 bits per heavy atom. The van der Waals surface area contributed by atoms with Crippen molar-refractivity contribution in [2.75, 3.05) is 12.4 Å². The largest absolute Gasteiger partial charge is 0.464 e. The van der Waals surface area contributed by atoms with Crippen LogP contribution in [-0.4, -0.2) is 33.9 Å². The van der Waals surface area contributed by atoms with Crippen molar-refractivity contribution in [3.8, 4) is 11.3 Å². The highest BCUT2D eigenvalue weighted by atomic mass is 32.1. The highest BCUT2D eigenvalue weighted by Crippen LogP contribution is 2.27. The van der Waals surface area contributed by atoms with E-state index in [2.05, 4.69) is 20.3 Å². The minimum absolute atomic E-state index is 0.150. The van der Waals surface area contributed by atoms with Crippen molar-refractivity contribution in [2.45, 2.75) is 20.3 Å². The average molecular weight is 420 g/mol. The monoisotopic (exact) mass is 420 g/mol. The lowest BCUT2D eigenvalue weighted by Crippen LogP contribution is -2.16. The molecule has 0 unspecified atom stereocenters. The minimum atomic E-state index is -0.445. The van der Waals surface area contributed by atoms with Gasteiger partial charge in [-0.05, 0) is 37.1 Å². The van der Waals surface area contributed by atoms with E-state index in [0.717, 1.165) is 33.3 Å². The lowest BCUT2D eigenvalue weighted by atomic mass is 9.99. The molecule has 4 aromatic rings. The lowest BCUT2D eigenvalue weighted by Gasteiger charge is -2.12. The van der Waals surface area contributed by atoms with Gasteiger partial charge in [-0.3, -0.25) is 9.78 Å². The first kappa shape index (κ1) is 19.8. The lowest BCUT2D eigenvalue weighted by molar-refractivity contribution is -0.115. The molecule has 0 aliphatic carbocycles. The number of hydrogen-bond donors (Lipinski definition) is 2. The molecule has 3 aromatic heterocycles. The van der Waals surface area contributed by atoms with Crippen LogP contribution in [0.3, 0.4) is 0 Å². The molecule has 0 saturated heterocycles. The van der Waals surface area contributed by atoms with E-state index in [0.29, 0.717) is 16.5 Å². The van der Waals surface area contributed by atoms with Crippen LogP contribution in [-0.2, 0) is 16.0 Å². The number of aromatic amines is 1. The topological polar surface area (TPSA) is 97.0 Å². The highest BCUT2D eigenvalue weighted by Gasteiger charge is 2.16. The van der Waals surface area contributed by atoms with Gasteiger partial charge in [-0.1, -0.05) is 18.2 Å². The molecule has 0 spiro atoms. The van der Waals surface area contributed by atoms with E-state index < -0.39 is 5.97 Å². The van der Waals surface area contributed by atoms with Crippen molar-refractivity contribution >= 4 is 39.2 Å². The predicted octanol–water partition coefficient (Wildman–Crippen LogP) is 4.27. The summed E-state index contributed by atoms with van der Waals surface area (Å²) in [6.45, 7) is 3.94. The van der Waals surface area contributed by atoms with E-state index >= 15 is 0 Å². The number of H-pyrrole nitrogens is 1. The van der Waals surface area contributed by atoms with Gasteiger partial charge in [-0.25, -0.2) is 9.78 Å². The summed E-state index contributed by atoms with van der Waals surface area (Å²) in [5.74, 6) is -0.594. The number of hydrogen-bond acceptors (Lipinski definition) is 6. The van der Waals surface area contributed by atoms with Crippen molar-refractivity contribution in [3.05, 3.63) is 64.4 Å². The number of rotatable bonds is 5. The molecular weight excluding hydrogens is 400 g/mol. The molecule has 0 saturated carbocycles. The fraction of sp³-hybridized carbons (Fsp3) is 0.182. The number of methoxy groups -OCH3 is 1. The molecule has 0 aliphatic rings. The van der Waals surface area contributed by atoms with Gasteiger partial charge in [0, 0.05) is 28.2 Å². The number of aryl methyl sites for hydroxylation is 2. The highest BCUT2D eigenvalue weighted by molar-refractivity contribution is 7.14. The zero-order valence-corrected chi connectivity index (χ0v) is 17.6. The summed E-state index contributed by atoms with van der Waals surface area (Å²) in [4.78, 5) is 36.2. The molecule has 3 heterocycles. The SMILES string of the molecule is COC(=O)c1cc(-c2csc(NC(=O)Cc3c(C)nc4ccccc4c3C)n2)c[nH]1. The molecule has 0 atom stereocenters. The van der Waals surface area contributed by atoms with Crippen LogP contribution in [0.25, 0.3) is 22.2 Å². The second kappa shape index (κ2) is 8.08. The standard InChI is InChI=1S/C22H20N4O3S/c1-12-15-6-4-5-7-17(15)24-13(2)16(12)9-20(27)26-22-25-19(11-30-22)14-8-18(23-10-14)21(28)29-3/h4-8,10-11,23H,9H2,1-3H3,(H,25,26,27). The Morgan fingerprint density at radius 1 is 1.20 bits per heavy atom. The minimum Gasteiger partial charge on any atom is -0.464 e. The van der Waals surface area contributed by atoms with E-state index in [-0.39, 0.29) is 12.3 Å². The van der Waals surface area contributed by atoms with Gasteiger partial charge < -0.3 is 15.0 Å². The smallest absolute Gasteiger partial charge is 0.354 e. The number of pyridine rings is 1. The van der Waals surface area contributed by atoms with E-state index in [1.54, 1.807) is 12.3 Å². The number of carbonyl (C=O) groups is 2. The van der Waals surface area contributed by atoms with Crippen LogP contribution >= 0.6 is 11.3 Å². The summed E-state index contributed by atoms with van der Waals surface area (Å²) in [6.07, 6.45) is 1.90. The van der Waals surface area contributed by atoms with Crippen LogP contribution in [0.15, 0.2) is 41.9 Å². The Balaban J connectivity index is 1.50. The summed E-state index contributed by atoms with van der Waals surface area (Å²) in [7, 11) is 1.33. The normalized spacial score (nSPS) is 10.9. The van der Waals surface area contributed by atoms with Gasteiger partial charge in [0.1, 0.15) is 5.69 Å². The third-order valence-electron chi connectivity index (χ3n) is 4.96. The fourth-order valence-electron chi connectivity index (χ4n) is 3.39. The van der Waals surface area contributed by atoms with Gasteiger partial charge in [-0.2, -0.15) is 0 Å². The zero-order valence-electron chi connectivity index (χ0n) is 16.8. The zero-order chi connectivity index (χ0) is 21.3. The molecule has 1 aromatic carbocycles. The number of thiazole rings is 1. The molecule has 0 fully saturated rings. The molecule has 152 valence electrons. The number of amides is 1. The maximum Gasteiger partial charge on any atom is 0.354 e. The molecule has 0 aliphatic heterocycles. The Kier molecular flexibility index (Phi) is 5.33. The van der Waals surface area contributed by atoms with Crippen LogP contribution in [0, 0.1) is 13.8 Å². The molecule has 7 nitrogen and oxygen atoms in total. The maximum absolute atomic E-state index is 12.7. The van der Waals surface area contributed by atoms with E-state index in [9.17, 15) is 9.59 Å². The molecule has 1 amide bonds. The van der Waals surface area contributed by atoms with Crippen LogP contribution in [0.1, 0.15) is 27.3 Å². The first-order valence-corrected chi connectivity index (χ1v) is 10.2. The predicted molar refractivity (Wildman–Crippen MR) is 117 cm³/mol. The Hall–Kier alpha value is -3.52. The van der Waals surface area contributed by atoms with Crippen molar-refractivity contribution in [1.82, 2.24) is 15.0 Å². The summed E-state index contributed by atoms with van der Waals surface area (Å²) < 4.78 is 4.70. The molecule has 30 heavy (non-hydrogen) atoms. The van der Waals surface area contributed by atoms with E-state index in [1.165, 1.54) is 18.4 Å². The van der Waals surface area contributed by atoms with Gasteiger partial charge >= 0.3 is 5.97 Å². The number of ether oxygens (including phenoxy) is 1. The third-order valence-corrected chi connectivity index (χ3v) is 5.72. The molecule has 0 bridgehead atoms. The first-order chi connectivity index (χ1) is 14.5. The molecule has 2 N–H and O–H groups in total. The summed E-state index contributed by atoms with van der Waals surface area (Å²) >= 11 is 1.33. The number of nitrogens with one attached hydrogen (secondary N) is 2. The molecule has 4 rings (SSSR count). The van der Waals surface area contributed by atoms with E-state index in [1.807, 2.05) is 43.5 Å². The molecule has 8 heteroatoms. The quantitative estimate of drug-likeness (QED) is 0.470. The van der Waals surface area contributed by atoms with Crippen molar-refractivity contribution < 1.29 is 14.3 Å².